The van der Waals surface area contributed by atoms with E-state index in [1.165, 1.54) is 4.57 Å². The van der Waals surface area contributed by atoms with E-state index in [9.17, 15) is 23.5 Å². The molecule has 0 unspecified atom stereocenters. The molecule has 10 heteroatoms. The number of nitrogens with zero attached hydrogens (tertiary/aromatic N) is 2. The van der Waals surface area contributed by atoms with Crippen molar-refractivity contribution in [3.63, 3.8) is 0 Å². The van der Waals surface area contributed by atoms with Crippen molar-refractivity contribution in [2.75, 3.05) is 24.5 Å². The van der Waals surface area contributed by atoms with Gasteiger partial charge < -0.3 is 24.6 Å². The molecule has 0 spiro atoms. The molecule has 31 heavy (non-hydrogen) atoms. The lowest BCUT2D eigenvalue weighted by molar-refractivity contribution is -0.0488. The van der Waals surface area contributed by atoms with E-state index in [1.807, 2.05) is 0 Å². The number of hydrogen-bond acceptors (Lipinski definition) is 5. The summed E-state index contributed by atoms with van der Waals surface area (Å²) in [6.45, 7) is -1.45. The number of rotatable bonds is 5. The van der Waals surface area contributed by atoms with Crippen molar-refractivity contribution in [1.29, 1.82) is 0 Å². The first-order chi connectivity index (χ1) is 14.8. The van der Waals surface area contributed by atoms with Gasteiger partial charge in [0.15, 0.2) is 11.6 Å². The summed E-state index contributed by atoms with van der Waals surface area (Å²) in [5.41, 5.74) is -1.51. The van der Waals surface area contributed by atoms with Crippen molar-refractivity contribution in [2.45, 2.75) is 44.4 Å². The van der Waals surface area contributed by atoms with Crippen LogP contribution in [0.1, 0.15) is 42.1 Å². The molecule has 5 rings (SSSR count). The van der Waals surface area contributed by atoms with Crippen LogP contribution in [0.4, 0.5) is 18.9 Å². The van der Waals surface area contributed by atoms with Crippen LogP contribution in [0.2, 0.25) is 0 Å². The molecule has 1 aromatic heterocycles. The lowest BCUT2D eigenvalue weighted by Crippen LogP contribution is -2.40. The zero-order chi connectivity index (χ0) is 21.9. The highest BCUT2D eigenvalue weighted by molar-refractivity contribution is 5.97. The van der Waals surface area contributed by atoms with Crippen LogP contribution in [0, 0.1) is 11.7 Å². The maximum Gasteiger partial charge on any atom is 0.387 e. The van der Waals surface area contributed by atoms with Gasteiger partial charge in [-0.1, -0.05) is 0 Å². The predicted molar refractivity (Wildman–Crippen MR) is 107 cm³/mol. The third kappa shape index (κ3) is 3.42. The van der Waals surface area contributed by atoms with Crippen molar-refractivity contribution < 1.29 is 27.8 Å². The summed E-state index contributed by atoms with van der Waals surface area (Å²) >= 11 is 0. The fourth-order valence-electron chi connectivity index (χ4n) is 4.96. The van der Waals surface area contributed by atoms with Crippen molar-refractivity contribution in [1.82, 2.24) is 9.88 Å². The van der Waals surface area contributed by atoms with Gasteiger partial charge in [-0.3, -0.25) is 4.79 Å². The smallest absolute Gasteiger partial charge is 0.387 e. The molecule has 3 fully saturated rings. The molecule has 2 N–H and O–H groups in total. The molecule has 0 bridgehead atoms. The van der Waals surface area contributed by atoms with E-state index in [-0.39, 0.29) is 34.6 Å². The van der Waals surface area contributed by atoms with E-state index < -0.39 is 35.1 Å². The van der Waals surface area contributed by atoms with E-state index in [4.69, 9.17) is 4.74 Å². The minimum absolute atomic E-state index is 0.0250. The summed E-state index contributed by atoms with van der Waals surface area (Å²) in [5.74, 6) is -2.45. The number of carboxylic acids is 1. The van der Waals surface area contributed by atoms with Crippen LogP contribution >= 0.6 is 0 Å². The largest absolute Gasteiger partial charge is 0.477 e. The number of aromatic carboxylic acids is 1. The van der Waals surface area contributed by atoms with Gasteiger partial charge in [0.2, 0.25) is 5.43 Å². The molecular weight excluding hydrogens is 415 g/mol. The van der Waals surface area contributed by atoms with Crippen molar-refractivity contribution in [3.05, 3.63) is 33.9 Å². The molecule has 1 aliphatic carbocycles. The van der Waals surface area contributed by atoms with E-state index >= 15 is 4.39 Å². The third-order valence-electron chi connectivity index (χ3n) is 6.49. The Hall–Kier alpha value is -2.75. The molecule has 3 aliphatic rings. The number of carbonyl (C=O) groups is 1. The third-order valence-corrected chi connectivity index (χ3v) is 6.49. The van der Waals surface area contributed by atoms with Crippen LogP contribution in [-0.4, -0.2) is 47.9 Å². The number of anilines is 1. The number of piperidine rings is 1. The number of carboxylic acid groups (broad SMARTS) is 1. The summed E-state index contributed by atoms with van der Waals surface area (Å²) in [6, 6.07) is 0.942. The number of nitrogens with one attached hydrogen (secondary N) is 1. The maximum absolute atomic E-state index is 15.3. The highest BCUT2D eigenvalue weighted by Gasteiger charge is 2.38. The van der Waals surface area contributed by atoms with Crippen LogP contribution in [0.3, 0.4) is 0 Å². The molecule has 0 radical (unpaired) electrons. The van der Waals surface area contributed by atoms with Gasteiger partial charge in [0.1, 0.15) is 11.3 Å². The Bertz CT molecular complexity index is 1100. The zero-order valence-electron chi connectivity index (χ0n) is 16.6. The normalized spacial score (nSPS) is 23.4. The fraction of sp³-hybridized carbons (Fsp3) is 0.524. The summed E-state index contributed by atoms with van der Waals surface area (Å²) in [7, 11) is 0. The van der Waals surface area contributed by atoms with Gasteiger partial charge >= 0.3 is 12.6 Å². The summed E-state index contributed by atoms with van der Waals surface area (Å²) in [4.78, 5) is 26.0. The minimum atomic E-state index is -3.23. The maximum atomic E-state index is 15.3. The minimum Gasteiger partial charge on any atom is -0.477 e. The topological polar surface area (TPSA) is 83.8 Å². The average Bonchev–Trinajstić information content (AvgIpc) is 3.46. The standard InChI is InChI=1S/C21H22F3N3O4/c22-14-6-12-16(27(11-3-4-11)8-13(18(12)28)20(29)30)19(31-21(23)24)17(14)26-7-10-2-1-5-25-15(10)9-26/h6,8,10-11,15,21,25H,1-5,7,9H2,(H,29,30)/t10-,15+/m0/s1. The molecule has 3 heterocycles. The summed E-state index contributed by atoms with van der Waals surface area (Å²) in [5, 5.41) is 12.5. The number of benzene rings is 1. The molecule has 2 aromatic rings. The van der Waals surface area contributed by atoms with Crippen molar-refractivity contribution in [3.8, 4) is 5.75 Å². The molecule has 166 valence electrons. The van der Waals surface area contributed by atoms with E-state index in [1.54, 1.807) is 4.90 Å². The van der Waals surface area contributed by atoms with Crippen LogP contribution < -0.4 is 20.4 Å². The molecular formula is C21H22F3N3O4. The Labute approximate surface area is 175 Å². The molecule has 7 nitrogen and oxygen atoms in total. The van der Waals surface area contributed by atoms with Crippen LogP contribution in [0.5, 0.6) is 5.75 Å². The molecule has 1 aromatic carbocycles. The number of ether oxygens (including phenoxy) is 1. The Morgan fingerprint density at radius 2 is 2.03 bits per heavy atom. The number of hydrogen-bond donors (Lipinski definition) is 2. The molecule has 2 aliphatic heterocycles. The number of pyridine rings is 1. The van der Waals surface area contributed by atoms with Crippen LogP contribution in [0.25, 0.3) is 10.9 Å². The quantitative estimate of drug-likeness (QED) is 0.749. The van der Waals surface area contributed by atoms with Gasteiger partial charge in [-0.15, -0.1) is 0 Å². The molecule has 0 amide bonds. The van der Waals surface area contributed by atoms with Crippen molar-refractivity contribution in [2.24, 2.45) is 5.92 Å². The predicted octanol–water partition coefficient (Wildman–Crippen LogP) is 2.96. The second kappa shape index (κ2) is 7.44. The second-order valence-corrected chi connectivity index (χ2v) is 8.49. The van der Waals surface area contributed by atoms with Crippen LogP contribution in [-0.2, 0) is 0 Å². The van der Waals surface area contributed by atoms with Gasteiger partial charge in [-0.05, 0) is 44.2 Å². The van der Waals surface area contributed by atoms with Gasteiger partial charge in [-0.2, -0.15) is 8.78 Å². The number of aromatic nitrogens is 1. The van der Waals surface area contributed by atoms with Gasteiger partial charge in [0.25, 0.3) is 0 Å². The highest BCUT2D eigenvalue weighted by Crippen LogP contribution is 2.45. The highest BCUT2D eigenvalue weighted by atomic mass is 19.3. The first-order valence-corrected chi connectivity index (χ1v) is 10.4. The van der Waals surface area contributed by atoms with Crippen molar-refractivity contribution >= 4 is 22.6 Å². The Balaban J connectivity index is 1.75. The first kappa shape index (κ1) is 20.2. The lowest BCUT2D eigenvalue weighted by atomic mass is 9.94. The number of halogens is 3. The Morgan fingerprint density at radius 1 is 1.26 bits per heavy atom. The first-order valence-electron chi connectivity index (χ1n) is 10.4. The summed E-state index contributed by atoms with van der Waals surface area (Å²) < 4.78 is 48.5. The monoisotopic (exact) mass is 437 g/mol. The fourth-order valence-corrected chi connectivity index (χ4v) is 4.96. The lowest BCUT2D eigenvalue weighted by Gasteiger charge is -2.25. The van der Waals surface area contributed by atoms with E-state index in [2.05, 4.69) is 5.32 Å². The summed E-state index contributed by atoms with van der Waals surface area (Å²) in [6.07, 6.45) is 4.53. The van der Waals surface area contributed by atoms with Gasteiger partial charge in [0, 0.05) is 31.4 Å². The van der Waals surface area contributed by atoms with Crippen LogP contribution in [0.15, 0.2) is 17.1 Å². The number of alkyl halides is 2. The van der Waals surface area contributed by atoms with Gasteiger partial charge in [-0.25, -0.2) is 9.18 Å². The Kier molecular flexibility index (Phi) is 4.84. The second-order valence-electron chi connectivity index (χ2n) is 8.49. The molecule has 1 saturated carbocycles. The molecule has 2 saturated heterocycles. The Morgan fingerprint density at radius 3 is 2.68 bits per heavy atom. The molecule has 2 atom stereocenters. The number of fused-ring (bicyclic) bond motifs is 2. The zero-order valence-corrected chi connectivity index (χ0v) is 16.6. The average molecular weight is 437 g/mol. The van der Waals surface area contributed by atoms with Gasteiger partial charge in [0.05, 0.1) is 10.9 Å². The van der Waals surface area contributed by atoms with E-state index in [0.29, 0.717) is 25.9 Å². The van der Waals surface area contributed by atoms with E-state index in [0.717, 1.165) is 31.6 Å². The SMILES string of the molecule is O=C(O)c1cn(C2CC2)c2c(OC(F)F)c(N3C[C@@H]4CCCN[C@@H]4C3)c(F)cc2c1=O.